The highest BCUT2D eigenvalue weighted by molar-refractivity contribution is 6.30. The van der Waals surface area contributed by atoms with Gasteiger partial charge in [0.25, 0.3) is 0 Å². The molecule has 4 nitrogen and oxygen atoms in total. The number of rotatable bonds is 9. The van der Waals surface area contributed by atoms with E-state index in [1.807, 2.05) is 36.4 Å². The summed E-state index contributed by atoms with van der Waals surface area (Å²) in [5.74, 6) is -0.120. The number of fused-ring (bicyclic) bond motifs is 1. The number of amides is 1. The van der Waals surface area contributed by atoms with Crippen LogP contribution in [0, 0.1) is 0 Å². The second-order valence-corrected chi connectivity index (χ2v) is 8.31. The minimum Gasteiger partial charge on any atom is -0.383 e. The zero-order valence-electron chi connectivity index (χ0n) is 18.1. The van der Waals surface area contributed by atoms with Gasteiger partial charge in [0.1, 0.15) is 0 Å². The van der Waals surface area contributed by atoms with E-state index in [0.717, 1.165) is 28.6 Å². The number of halogens is 1. The molecule has 0 aliphatic carbocycles. The largest absolute Gasteiger partial charge is 0.383 e. The second kappa shape index (κ2) is 10.5. The van der Waals surface area contributed by atoms with E-state index in [1.54, 1.807) is 7.11 Å². The molecule has 5 heteroatoms. The molecule has 0 aliphatic heterocycles. The lowest BCUT2D eigenvalue weighted by Crippen LogP contribution is -2.28. The molecule has 0 saturated heterocycles. The number of methoxy groups -OCH3 is 1. The van der Waals surface area contributed by atoms with Crippen molar-refractivity contribution < 1.29 is 9.53 Å². The quantitative estimate of drug-likeness (QED) is 0.339. The van der Waals surface area contributed by atoms with Crippen LogP contribution in [0.3, 0.4) is 0 Å². The van der Waals surface area contributed by atoms with Crippen LogP contribution in [-0.4, -0.2) is 30.7 Å². The lowest BCUT2D eigenvalue weighted by atomic mass is 9.88. The average Bonchev–Trinajstić information content (AvgIpc) is 3.16. The first-order valence-corrected chi connectivity index (χ1v) is 11.2. The Hall–Kier alpha value is -3.08. The van der Waals surface area contributed by atoms with Gasteiger partial charge in [0, 0.05) is 54.7 Å². The van der Waals surface area contributed by atoms with Gasteiger partial charge in [-0.1, -0.05) is 72.3 Å². The first-order valence-electron chi connectivity index (χ1n) is 10.8. The maximum absolute atomic E-state index is 12.8. The smallest absolute Gasteiger partial charge is 0.221 e. The van der Waals surface area contributed by atoms with Crippen molar-refractivity contribution in [1.29, 1.82) is 0 Å². The third-order valence-electron chi connectivity index (χ3n) is 5.66. The summed E-state index contributed by atoms with van der Waals surface area (Å²) in [7, 11) is 1.63. The molecule has 0 fully saturated rings. The molecule has 0 saturated carbocycles. The zero-order valence-corrected chi connectivity index (χ0v) is 18.9. The molecule has 3 aromatic carbocycles. The van der Waals surface area contributed by atoms with Crippen LogP contribution in [0.1, 0.15) is 29.0 Å². The standard InChI is InChI=1S/C27H27ClN2O2/c1-32-15-14-29-27(31)17-24(21-10-7-11-22(28)16-21)25-19-30(18-20-8-3-2-4-9-20)26-13-6-5-12-23(25)26/h2-13,16,19,24H,14-15,17-18H2,1H3,(H,29,31)/t24-/m1/s1. The number of carbonyl (C=O) groups is 1. The molecule has 0 bridgehead atoms. The predicted molar refractivity (Wildman–Crippen MR) is 130 cm³/mol. The highest BCUT2D eigenvalue weighted by Gasteiger charge is 2.23. The molecule has 32 heavy (non-hydrogen) atoms. The number of hydrogen-bond donors (Lipinski definition) is 1. The molecule has 1 aromatic heterocycles. The Morgan fingerprint density at radius 1 is 1.03 bits per heavy atom. The number of ether oxygens (including phenoxy) is 1. The fourth-order valence-corrected chi connectivity index (χ4v) is 4.34. The van der Waals surface area contributed by atoms with Crippen LogP contribution < -0.4 is 5.32 Å². The van der Waals surface area contributed by atoms with E-state index in [2.05, 4.69) is 58.5 Å². The lowest BCUT2D eigenvalue weighted by Gasteiger charge is -2.17. The van der Waals surface area contributed by atoms with E-state index in [4.69, 9.17) is 16.3 Å². The van der Waals surface area contributed by atoms with E-state index >= 15 is 0 Å². The molecule has 4 rings (SSSR count). The first kappa shape index (κ1) is 22.1. The van der Waals surface area contributed by atoms with Gasteiger partial charge < -0.3 is 14.6 Å². The predicted octanol–water partition coefficient (Wildman–Crippen LogP) is 5.63. The minimum absolute atomic E-state index is 0.00749. The Morgan fingerprint density at radius 3 is 2.59 bits per heavy atom. The number of nitrogens with one attached hydrogen (secondary N) is 1. The van der Waals surface area contributed by atoms with Crippen molar-refractivity contribution in [3.63, 3.8) is 0 Å². The molecule has 1 N–H and O–H groups in total. The second-order valence-electron chi connectivity index (χ2n) is 7.87. The summed E-state index contributed by atoms with van der Waals surface area (Å²) in [6.45, 7) is 1.75. The molecule has 4 aromatic rings. The van der Waals surface area contributed by atoms with E-state index in [9.17, 15) is 4.79 Å². The molecule has 0 aliphatic rings. The molecule has 1 amide bonds. The third-order valence-corrected chi connectivity index (χ3v) is 5.89. The van der Waals surface area contributed by atoms with Crippen molar-refractivity contribution in [3.8, 4) is 0 Å². The monoisotopic (exact) mass is 446 g/mol. The van der Waals surface area contributed by atoms with Crippen LogP contribution in [0.4, 0.5) is 0 Å². The molecule has 0 radical (unpaired) electrons. The van der Waals surface area contributed by atoms with Gasteiger partial charge in [0.2, 0.25) is 5.91 Å². The fraction of sp³-hybridized carbons (Fsp3) is 0.222. The third kappa shape index (κ3) is 5.21. The van der Waals surface area contributed by atoms with Crippen molar-refractivity contribution in [2.24, 2.45) is 0 Å². The summed E-state index contributed by atoms with van der Waals surface area (Å²) < 4.78 is 7.33. The summed E-state index contributed by atoms with van der Waals surface area (Å²) in [5.41, 5.74) is 4.54. The maximum Gasteiger partial charge on any atom is 0.221 e. The summed E-state index contributed by atoms with van der Waals surface area (Å²) in [6.07, 6.45) is 2.52. The summed E-state index contributed by atoms with van der Waals surface area (Å²) in [5, 5.41) is 4.78. The number of para-hydroxylation sites is 1. The Labute approximate surface area is 193 Å². The summed E-state index contributed by atoms with van der Waals surface area (Å²) in [4.78, 5) is 12.8. The average molecular weight is 447 g/mol. The summed E-state index contributed by atoms with van der Waals surface area (Å²) >= 11 is 6.32. The van der Waals surface area contributed by atoms with Gasteiger partial charge in [0.05, 0.1) is 6.61 Å². The van der Waals surface area contributed by atoms with Gasteiger partial charge in [-0.3, -0.25) is 4.79 Å². The SMILES string of the molecule is COCCNC(=O)C[C@H](c1cccc(Cl)c1)c1cn(Cc2ccccc2)c2ccccc12. The van der Waals surface area contributed by atoms with Crippen molar-refractivity contribution in [2.75, 3.05) is 20.3 Å². The molecule has 0 spiro atoms. The number of hydrogen-bond acceptors (Lipinski definition) is 2. The fourth-order valence-electron chi connectivity index (χ4n) is 4.14. The Kier molecular flexibility index (Phi) is 7.25. The van der Waals surface area contributed by atoms with Gasteiger partial charge >= 0.3 is 0 Å². The molecule has 0 unspecified atom stereocenters. The van der Waals surface area contributed by atoms with Gasteiger partial charge in [-0.05, 0) is 34.9 Å². The lowest BCUT2D eigenvalue weighted by molar-refractivity contribution is -0.121. The molecular weight excluding hydrogens is 420 g/mol. The Balaban J connectivity index is 1.74. The topological polar surface area (TPSA) is 43.3 Å². The van der Waals surface area contributed by atoms with Crippen LogP contribution in [0.2, 0.25) is 5.02 Å². The Bertz CT molecular complexity index is 1190. The molecular formula is C27H27ClN2O2. The van der Waals surface area contributed by atoms with Crippen LogP contribution in [0.25, 0.3) is 10.9 Å². The zero-order chi connectivity index (χ0) is 22.3. The van der Waals surface area contributed by atoms with Crippen molar-refractivity contribution in [2.45, 2.75) is 18.9 Å². The molecule has 164 valence electrons. The Morgan fingerprint density at radius 2 is 1.81 bits per heavy atom. The number of benzene rings is 3. The van der Waals surface area contributed by atoms with Crippen molar-refractivity contribution in [1.82, 2.24) is 9.88 Å². The number of carbonyl (C=O) groups excluding carboxylic acids is 1. The van der Waals surface area contributed by atoms with Crippen LogP contribution in [0.5, 0.6) is 0 Å². The number of nitrogens with zero attached hydrogens (tertiary/aromatic N) is 1. The van der Waals surface area contributed by atoms with E-state index in [0.29, 0.717) is 24.6 Å². The first-order chi connectivity index (χ1) is 15.7. The maximum atomic E-state index is 12.8. The van der Waals surface area contributed by atoms with Gasteiger partial charge in [-0.15, -0.1) is 0 Å². The highest BCUT2D eigenvalue weighted by Crippen LogP contribution is 2.36. The van der Waals surface area contributed by atoms with Crippen LogP contribution in [-0.2, 0) is 16.1 Å². The van der Waals surface area contributed by atoms with Gasteiger partial charge in [0.15, 0.2) is 0 Å². The summed E-state index contributed by atoms with van der Waals surface area (Å²) in [6, 6.07) is 26.6. The van der Waals surface area contributed by atoms with Crippen LogP contribution in [0.15, 0.2) is 85.1 Å². The van der Waals surface area contributed by atoms with Crippen molar-refractivity contribution in [3.05, 3.63) is 107 Å². The van der Waals surface area contributed by atoms with E-state index < -0.39 is 0 Å². The normalized spacial score (nSPS) is 12.1. The van der Waals surface area contributed by atoms with Crippen molar-refractivity contribution >= 4 is 28.4 Å². The molecule has 1 atom stereocenters. The van der Waals surface area contributed by atoms with Gasteiger partial charge in [-0.2, -0.15) is 0 Å². The van der Waals surface area contributed by atoms with E-state index in [-0.39, 0.29) is 11.8 Å². The van der Waals surface area contributed by atoms with Gasteiger partial charge in [-0.25, -0.2) is 0 Å². The number of aromatic nitrogens is 1. The minimum atomic E-state index is -0.113. The van der Waals surface area contributed by atoms with E-state index in [1.165, 1.54) is 5.56 Å². The van der Waals surface area contributed by atoms with Crippen LogP contribution >= 0.6 is 11.6 Å². The molecule has 1 heterocycles. The highest BCUT2D eigenvalue weighted by atomic mass is 35.5.